The lowest BCUT2D eigenvalue weighted by molar-refractivity contribution is -0.131. The third-order valence-corrected chi connectivity index (χ3v) is 4.95. The highest BCUT2D eigenvalue weighted by Gasteiger charge is 2.22. The number of carbonyl (C=O) groups excluding carboxylic acids is 1. The molecule has 3 rings (SSSR count). The molecule has 1 unspecified atom stereocenters. The van der Waals surface area contributed by atoms with E-state index in [1.54, 1.807) is 0 Å². The molecule has 1 fully saturated rings. The molecule has 1 aliphatic heterocycles. The molecule has 0 aliphatic carbocycles. The topological polar surface area (TPSA) is 33.2 Å². The number of hydrogen-bond acceptors (Lipinski definition) is 3. The number of fused-ring (bicyclic) bond motifs is 1. The van der Waals surface area contributed by atoms with E-state index in [-0.39, 0.29) is 5.91 Å². The van der Waals surface area contributed by atoms with Gasteiger partial charge in [-0.25, -0.2) is 4.98 Å². The van der Waals surface area contributed by atoms with Gasteiger partial charge in [0, 0.05) is 18.0 Å². The minimum Gasteiger partial charge on any atom is -0.339 e. The minimum atomic E-state index is 0.238. The van der Waals surface area contributed by atoms with Gasteiger partial charge < -0.3 is 4.90 Å². The van der Waals surface area contributed by atoms with Gasteiger partial charge in [0.25, 0.3) is 0 Å². The fourth-order valence-corrected chi connectivity index (χ4v) is 3.58. The molecule has 1 aromatic heterocycles. The molecule has 0 spiro atoms. The van der Waals surface area contributed by atoms with Crippen molar-refractivity contribution in [3.8, 4) is 0 Å². The molecular formula is C17H20N2OS. The third-order valence-electron chi connectivity index (χ3n) is 4.04. The van der Waals surface area contributed by atoms with Crippen LogP contribution in [0.15, 0.2) is 41.4 Å². The summed E-state index contributed by atoms with van der Waals surface area (Å²) in [6.07, 6.45) is 3.50. The molecule has 3 nitrogen and oxygen atoms in total. The Morgan fingerprint density at radius 3 is 3.00 bits per heavy atom. The fourth-order valence-electron chi connectivity index (χ4n) is 2.81. The summed E-state index contributed by atoms with van der Waals surface area (Å²) in [4.78, 5) is 19.0. The highest BCUT2D eigenvalue weighted by molar-refractivity contribution is 7.99. The number of amides is 1. The van der Waals surface area contributed by atoms with Crippen LogP contribution in [0.25, 0.3) is 10.9 Å². The van der Waals surface area contributed by atoms with Crippen molar-refractivity contribution in [3.05, 3.63) is 36.4 Å². The Morgan fingerprint density at radius 2 is 2.14 bits per heavy atom. The van der Waals surface area contributed by atoms with Gasteiger partial charge in [-0.15, -0.1) is 0 Å². The Hall–Kier alpha value is -1.55. The minimum absolute atomic E-state index is 0.238. The smallest absolute Gasteiger partial charge is 0.233 e. The van der Waals surface area contributed by atoms with Crippen LogP contribution in [0.2, 0.25) is 0 Å². The van der Waals surface area contributed by atoms with E-state index in [0.29, 0.717) is 11.8 Å². The summed E-state index contributed by atoms with van der Waals surface area (Å²) in [6, 6.07) is 12.5. The van der Waals surface area contributed by atoms with Gasteiger partial charge in [0.2, 0.25) is 5.91 Å². The summed E-state index contributed by atoms with van der Waals surface area (Å²) in [5.41, 5.74) is 0.987. The highest BCUT2D eigenvalue weighted by Crippen LogP contribution is 2.22. The van der Waals surface area contributed by atoms with Crippen molar-refractivity contribution in [1.82, 2.24) is 9.88 Å². The van der Waals surface area contributed by atoms with Gasteiger partial charge in [0.15, 0.2) is 0 Å². The quantitative estimate of drug-likeness (QED) is 0.810. The van der Waals surface area contributed by atoms with Crippen LogP contribution < -0.4 is 0 Å². The molecule has 110 valence electrons. The average molecular weight is 300 g/mol. The van der Waals surface area contributed by atoms with Crippen LogP contribution >= 0.6 is 11.8 Å². The normalized spacial score (nSPS) is 18.9. The van der Waals surface area contributed by atoms with Gasteiger partial charge in [-0.2, -0.15) is 0 Å². The van der Waals surface area contributed by atoms with E-state index in [9.17, 15) is 4.79 Å². The van der Waals surface area contributed by atoms with Crippen LogP contribution in [0.1, 0.15) is 26.2 Å². The number of pyridine rings is 1. The van der Waals surface area contributed by atoms with Crippen molar-refractivity contribution >= 4 is 28.6 Å². The first kappa shape index (κ1) is 14.4. The Morgan fingerprint density at radius 1 is 1.29 bits per heavy atom. The number of hydrogen-bond donors (Lipinski definition) is 0. The van der Waals surface area contributed by atoms with Crippen LogP contribution in [-0.2, 0) is 4.79 Å². The molecule has 0 N–H and O–H groups in total. The second kappa shape index (κ2) is 6.48. The number of benzene rings is 1. The summed E-state index contributed by atoms with van der Waals surface area (Å²) in [6.45, 7) is 3.06. The van der Waals surface area contributed by atoms with Crippen LogP contribution in [0.4, 0.5) is 0 Å². The van der Waals surface area contributed by atoms with Crippen LogP contribution in [0, 0.1) is 0 Å². The van der Waals surface area contributed by atoms with Crippen molar-refractivity contribution in [2.24, 2.45) is 0 Å². The second-order valence-electron chi connectivity index (χ2n) is 5.56. The molecule has 1 aromatic carbocycles. The summed E-state index contributed by atoms with van der Waals surface area (Å²) < 4.78 is 0. The number of likely N-dealkylation sites (tertiary alicyclic amines) is 1. The number of carbonyl (C=O) groups is 1. The van der Waals surface area contributed by atoms with E-state index >= 15 is 0 Å². The van der Waals surface area contributed by atoms with E-state index in [1.807, 2.05) is 29.2 Å². The van der Waals surface area contributed by atoms with Crippen LogP contribution in [0.3, 0.4) is 0 Å². The lowest BCUT2D eigenvalue weighted by Gasteiger charge is -2.33. The van der Waals surface area contributed by atoms with Crippen molar-refractivity contribution in [2.45, 2.75) is 37.3 Å². The molecule has 1 aliphatic rings. The van der Waals surface area contributed by atoms with E-state index in [1.165, 1.54) is 18.2 Å². The summed E-state index contributed by atoms with van der Waals surface area (Å²) in [7, 11) is 0. The second-order valence-corrected chi connectivity index (χ2v) is 6.56. The zero-order valence-corrected chi connectivity index (χ0v) is 13.1. The largest absolute Gasteiger partial charge is 0.339 e. The number of thioether (sulfide) groups is 1. The molecule has 4 heteroatoms. The summed E-state index contributed by atoms with van der Waals surface area (Å²) in [5, 5.41) is 2.06. The molecule has 0 radical (unpaired) electrons. The maximum atomic E-state index is 12.3. The van der Waals surface area contributed by atoms with E-state index in [0.717, 1.165) is 35.3 Å². The summed E-state index contributed by atoms with van der Waals surface area (Å²) >= 11 is 1.54. The van der Waals surface area contributed by atoms with Gasteiger partial charge in [-0.1, -0.05) is 36.0 Å². The predicted octanol–water partition coefficient (Wildman–Crippen LogP) is 3.73. The summed E-state index contributed by atoms with van der Waals surface area (Å²) in [5.74, 6) is 0.720. The molecule has 0 saturated carbocycles. The van der Waals surface area contributed by atoms with Gasteiger partial charge in [0.05, 0.1) is 16.3 Å². The molecule has 1 saturated heterocycles. The molecule has 21 heavy (non-hydrogen) atoms. The van der Waals surface area contributed by atoms with Gasteiger partial charge in [0.1, 0.15) is 0 Å². The molecule has 1 atom stereocenters. The van der Waals surface area contributed by atoms with E-state index in [2.05, 4.69) is 24.0 Å². The van der Waals surface area contributed by atoms with Crippen molar-refractivity contribution < 1.29 is 4.79 Å². The molecule has 2 heterocycles. The van der Waals surface area contributed by atoms with Crippen molar-refractivity contribution in [3.63, 3.8) is 0 Å². The van der Waals surface area contributed by atoms with Crippen molar-refractivity contribution in [1.29, 1.82) is 0 Å². The zero-order valence-electron chi connectivity index (χ0n) is 12.3. The zero-order chi connectivity index (χ0) is 14.7. The van der Waals surface area contributed by atoms with Gasteiger partial charge >= 0.3 is 0 Å². The van der Waals surface area contributed by atoms with E-state index < -0.39 is 0 Å². The lowest BCUT2D eigenvalue weighted by atomic mass is 10.0. The first-order chi connectivity index (χ1) is 10.2. The van der Waals surface area contributed by atoms with Crippen LogP contribution in [-0.4, -0.2) is 34.1 Å². The Bertz CT molecular complexity index is 643. The SMILES string of the molecule is CC1CCCCN1C(=O)CSc1ccc2ccccc2n1. The number of rotatable bonds is 3. The Kier molecular flexibility index (Phi) is 4.44. The molecule has 0 bridgehead atoms. The number of piperidine rings is 1. The standard InChI is InChI=1S/C17H20N2OS/c1-13-6-4-5-11-19(13)17(20)12-21-16-10-9-14-7-2-3-8-15(14)18-16/h2-3,7-10,13H,4-6,11-12H2,1H3. The van der Waals surface area contributed by atoms with Crippen LogP contribution in [0.5, 0.6) is 0 Å². The first-order valence-corrected chi connectivity index (χ1v) is 8.50. The number of nitrogens with zero attached hydrogens (tertiary/aromatic N) is 2. The predicted molar refractivity (Wildman–Crippen MR) is 87.5 cm³/mol. The molecule has 2 aromatic rings. The third kappa shape index (κ3) is 3.38. The van der Waals surface area contributed by atoms with Crippen molar-refractivity contribution in [2.75, 3.05) is 12.3 Å². The maximum Gasteiger partial charge on any atom is 0.233 e. The molecular weight excluding hydrogens is 280 g/mol. The number of para-hydroxylation sites is 1. The monoisotopic (exact) mass is 300 g/mol. The fraction of sp³-hybridized carbons (Fsp3) is 0.412. The number of aromatic nitrogens is 1. The Labute approximate surface area is 129 Å². The highest BCUT2D eigenvalue weighted by atomic mass is 32.2. The van der Waals surface area contributed by atoms with E-state index in [4.69, 9.17) is 0 Å². The van der Waals surface area contributed by atoms with Gasteiger partial charge in [-0.05, 0) is 38.3 Å². The lowest BCUT2D eigenvalue weighted by Crippen LogP contribution is -2.42. The maximum absolute atomic E-state index is 12.3. The van der Waals surface area contributed by atoms with Gasteiger partial charge in [-0.3, -0.25) is 4.79 Å². The first-order valence-electron chi connectivity index (χ1n) is 7.52. The average Bonchev–Trinajstić information content (AvgIpc) is 2.53. The Balaban J connectivity index is 1.64. The molecule has 1 amide bonds.